The maximum Gasteiger partial charge on any atom is 0.174 e. The van der Waals surface area contributed by atoms with E-state index in [2.05, 4.69) is 27.6 Å². The monoisotopic (exact) mass is 401 g/mol. The van der Waals surface area contributed by atoms with Gasteiger partial charge < -0.3 is 19.3 Å². The molecule has 4 aromatic rings. The number of pyridine rings is 1. The Bertz CT molecular complexity index is 1120. The van der Waals surface area contributed by atoms with Gasteiger partial charge in [0.25, 0.3) is 0 Å². The van der Waals surface area contributed by atoms with Crippen LogP contribution in [0.25, 0.3) is 10.9 Å². The van der Waals surface area contributed by atoms with Gasteiger partial charge in [-0.2, -0.15) is 0 Å². The Labute approximate surface area is 174 Å². The maximum absolute atomic E-state index is 5.74. The van der Waals surface area contributed by atoms with Crippen LogP contribution in [0.3, 0.4) is 0 Å². The molecule has 1 aliphatic heterocycles. The molecule has 0 amide bonds. The minimum atomic E-state index is -0.139. The molecule has 1 aliphatic rings. The number of fused-ring (bicyclic) bond motifs is 1. The highest BCUT2D eigenvalue weighted by molar-refractivity contribution is 5.78. The second-order valence-electron chi connectivity index (χ2n) is 7.73. The van der Waals surface area contributed by atoms with Crippen LogP contribution in [-0.4, -0.2) is 28.9 Å². The Balaban J connectivity index is 1.20. The highest BCUT2D eigenvalue weighted by atomic mass is 16.5. The molecule has 3 heterocycles. The van der Waals surface area contributed by atoms with Gasteiger partial charge >= 0.3 is 0 Å². The summed E-state index contributed by atoms with van der Waals surface area (Å²) in [4.78, 5) is 4.55. The van der Waals surface area contributed by atoms with Crippen molar-refractivity contribution >= 4 is 10.9 Å². The van der Waals surface area contributed by atoms with Gasteiger partial charge in [-0.15, -0.1) is 0 Å². The van der Waals surface area contributed by atoms with Crippen LogP contribution < -0.4 is 10.1 Å². The van der Waals surface area contributed by atoms with Crippen molar-refractivity contribution in [3.05, 3.63) is 89.9 Å². The van der Waals surface area contributed by atoms with Crippen LogP contribution in [0.5, 0.6) is 5.75 Å². The first-order valence-electron chi connectivity index (χ1n) is 10.1. The average molecular weight is 401 g/mol. The molecule has 0 atom stereocenters. The Hall–Kier alpha value is -3.22. The first-order chi connectivity index (χ1) is 14.8. The molecule has 30 heavy (non-hydrogen) atoms. The molecule has 6 nitrogen and oxygen atoms in total. The molecule has 5 rings (SSSR count). The molecular formula is C24H23N3O3. The van der Waals surface area contributed by atoms with Crippen molar-refractivity contribution in [2.24, 2.45) is 0 Å². The molecule has 2 aromatic carbocycles. The molecule has 152 valence electrons. The van der Waals surface area contributed by atoms with Gasteiger partial charge in [0.2, 0.25) is 0 Å². The smallest absolute Gasteiger partial charge is 0.174 e. The van der Waals surface area contributed by atoms with E-state index in [4.69, 9.17) is 14.0 Å². The quantitative estimate of drug-likeness (QED) is 0.483. The van der Waals surface area contributed by atoms with Gasteiger partial charge in [-0.25, -0.2) is 0 Å². The van der Waals surface area contributed by atoms with Gasteiger partial charge in [-0.05, 0) is 29.8 Å². The molecule has 0 unspecified atom stereocenters. The molecule has 1 N–H and O–H groups in total. The third kappa shape index (κ3) is 4.20. The van der Waals surface area contributed by atoms with E-state index in [-0.39, 0.29) is 5.54 Å². The Morgan fingerprint density at radius 3 is 2.67 bits per heavy atom. The predicted octanol–water partition coefficient (Wildman–Crippen LogP) is 3.90. The summed E-state index contributed by atoms with van der Waals surface area (Å²) in [6, 6.07) is 22.0. The number of hydrogen-bond acceptors (Lipinski definition) is 6. The third-order valence-electron chi connectivity index (χ3n) is 5.32. The second kappa shape index (κ2) is 8.26. The van der Waals surface area contributed by atoms with Crippen molar-refractivity contribution < 1.29 is 14.0 Å². The predicted molar refractivity (Wildman–Crippen MR) is 113 cm³/mol. The molecule has 0 radical (unpaired) electrons. The summed E-state index contributed by atoms with van der Waals surface area (Å²) >= 11 is 0. The topological polar surface area (TPSA) is 69.4 Å². The Morgan fingerprint density at radius 1 is 1.00 bits per heavy atom. The van der Waals surface area contributed by atoms with Crippen LogP contribution in [0.1, 0.15) is 17.0 Å². The summed E-state index contributed by atoms with van der Waals surface area (Å²) in [6.45, 7) is 2.38. The lowest BCUT2D eigenvalue weighted by atomic mass is 9.91. The van der Waals surface area contributed by atoms with Crippen LogP contribution >= 0.6 is 0 Å². The van der Waals surface area contributed by atoms with E-state index in [0.29, 0.717) is 25.6 Å². The molecular weight excluding hydrogens is 378 g/mol. The summed E-state index contributed by atoms with van der Waals surface area (Å²) in [5, 5.41) is 9.03. The van der Waals surface area contributed by atoms with Crippen molar-refractivity contribution in [3.8, 4) is 5.75 Å². The fourth-order valence-electron chi connectivity index (χ4n) is 3.64. The van der Waals surface area contributed by atoms with Gasteiger partial charge in [0.1, 0.15) is 12.4 Å². The van der Waals surface area contributed by atoms with Crippen molar-refractivity contribution in [1.29, 1.82) is 0 Å². The molecule has 6 heteroatoms. The number of nitrogens with zero attached hydrogens (tertiary/aromatic N) is 2. The number of aromatic nitrogens is 2. The summed E-state index contributed by atoms with van der Waals surface area (Å²) in [5.74, 6) is 1.52. The van der Waals surface area contributed by atoms with E-state index < -0.39 is 0 Å². The Kier molecular flexibility index (Phi) is 5.17. The van der Waals surface area contributed by atoms with Crippen molar-refractivity contribution in [1.82, 2.24) is 15.5 Å². The normalized spacial score (nSPS) is 15.1. The number of ether oxygens (including phenoxy) is 2. The van der Waals surface area contributed by atoms with E-state index in [1.807, 2.05) is 60.8 Å². The van der Waals surface area contributed by atoms with Crippen LogP contribution in [0.4, 0.5) is 0 Å². The number of para-hydroxylation sites is 2. The molecule has 1 fully saturated rings. The van der Waals surface area contributed by atoms with E-state index in [1.165, 1.54) is 0 Å². The van der Waals surface area contributed by atoms with Gasteiger partial charge in [-0.3, -0.25) is 4.98 Å². The third-order valence-corrected chi connectivity index (χ3v) is 5.32. The van der Waals surface area contributed by atoms with Crippen LogP contribution in [0.2, 0.25) is 0 Å². The van der Waals surface area contributed by atoms with Gasteiger partial charge in [-0.1, -0.05) is 41.6 Å². The molecule has 0 spiro atoms. The van der Waals surface area contributed by atoms with Gasteiger partial charge in [0, 0.05) is 30.6 Å². The zero-order valence-electron chi connectivity index (χ0n) is 16.6. The largest absolute Gasteiger partial charge is 0.486 e. The van der Waals surface area contributed by atoms with E-state index in [9.17, 15) is 0 Å². The minimum Gasteiger partial charge on any atom is -0.486 e. The van der Waals surface area contributed by atoms with Crippen molar-refractivity contribution in [2.45, 2.75) is 25.1 Å². The average Bonchev–Trinajstić information content (AvgIpc) is 3.22. The van der Waals surface area contributed by atoms with Crippen LogP contribution in [0.15, 0.2) is 77.4 Å². The highest BCUT2D eigenvalue weighted by Gasteiger charge is 2.39. The molecule has 0 saturated carbocycles. The number of nitrogens with one attached hydrogen (secondary N) is 1. The fourth-order valence-corrected chi connectivity index (χ4v) is 3.64. The lowest BCUT2D eigenvalue weighted by Gasteiger charge is -2.42. The van der Waals surface area contributed by atoms with Crippen molar-refractivity contribution in [2.75, 3.05) is 13.2 Å². The first-order valence-corrected chi connectivity index (χ1v) is 10.1. The van der Waals surface area contributed by atoms with Crippen LogP contribution in [0, 0.1) is 0 Å². The number of rotatable bonds is 8. The summed E-state index contributed by atoms with van der Waals surface area (Å²) in [7, 11) is 0. The SMILES string of the molecule is c1ccc(OCc2cc(CC3(NCc4cnc5ccccc5c4)COC3)no2)cc1. The van der Waals surface area contributed by atoms with E-state index in [1.54, 1.807) is 0 Å². The van der Waals surface area contributed by atoms with Crippen LogP contribution in [-0.2, 0) is 24.3 Å². The summed E-state index contributed by atoms with van der Waals surface area (Å²) in [6.07, 6.45) is 2.67. The molecule has 2 aromatic heterocycles. The Morgan fingerprint density at radius 2 is 1.83 bits per heavy atom. The summed E-state index contributed by atoms with van der Waals surface area (Å²) < 4.78 is 16.7. The molecule has 0 bridgehead atoms. The standard InChI is InChI=1S/C24H23N3O3/c1-2-7-21(8-3-1)29-15-22-11-20(27-30-22)12-24(16-28-17-24)26-14-18-10-19-6-4-5-9-23(19)25-13-18/h1-11,13,26H,12,14-17H2. The van der Waals surface area contributed by atoms with Crippen molar-refractivity contribution in [3.63, 3.8) is 0 Å². The summed E-state index contributed by atoms with van der Waals surface area (Å²) in [5.41, 5.74) is 2.92. The zero-order valence-corrected chi connectivity index (χ0v) is 16.6. The van der Waals surface area contributed by atoms with E-state index >= 15 is 0 Å². The van der Waals surface area contributed by atoms with E-state index in [0.717, 1.165) is 40.9 Å². The second-order valence-corrected chi connectivity index (χ2v) is 7.73. The minimum absolute atomic E-state index is 0.139. The lowest BCUT2D eigenvalue weighted by Crippen LogP contribution is -2.61. The highest BCUT2D eigenvalue weighted by Crippen LogP contribution is 2.24. The fraction of sp³-hybridized carbons (Fsp3) is 0.250. The molecule has 0 aliphatic carbocycles. The first kappa shape index (κ1) is 18.8. The lowest BCUT2D eigenvalue weighted by molar-refractivity contribution is -0.0755. The zero-order chi connectivity index (χ0) is 20.2. The number of benzene rings is 2. The molecule has 1 saturated heterocycles. The number of hydrogen-bond donors (Lipinski definition) is 1. The van der Waals surface area contributed by atoms with Gasteiger partial charge in [0.05, 0.1) is 30.0 Å². The maximum atomic E-state index is 5.74. The van der Waals surface area contributed by atoms with Gasteiger partial charge in [0.15, 0.2) is 5.76 Å².